The molecule has 1 aromatic rings. The van der Waals surface area contributed by atoms with E-state index in [1.165, 1.54) is 13.2 Å². The Balaban J connectivity index is 1.95. The van der Waals surface area contributed by atoms with E-state index in [1.807, 2.05) is 19.2 Å². The van der Waals surface area contributed by atoms with Crippen LogP contribution in [0.4, 0.5) is 4.39 Å². The molecule has 32 heavy (non-hydrogen) atoms. The van der Waals surface area contributed by atoms with Crippen LogP contribution in [0.25, 0.3) is 0 Å². The molecule has 0 radical (unpaired) electrons. The van der Waals surface area contributed by atoms with Crippen LogP contribution in [0.1, 0.15) is 57.4 Å². The first-order valence-electron chi connectivity index (χ1n) is 11.5. The number of aryl methyl sites for hydroxylation is 1. The lowest BCUT2D eigenvalue weighted by Gasteiger charge is -2.27. The van der Waals surface area contributed by atoms with Gasteiger partial charge in [0.2, 0.25) is 0 Å². The van der Waals surface area contributed by atoms with Crippen LogP contribution in [0.5, 0.6) is 0 Å². The maximum atomic E-state index is 14.0. The fraction of sp³-hybridized carbons (Fsp3) is 0.538. The summed E-state index contributed by atoms with van der Waals surface area (Å²) in [5.41, 5.74) is 1.24. The largest absolute Gasteiger partial charge is 0.469 e. The van der Waals surface area contributed by atoms with Crippen molar-refractivity contribution in [2.45, 2.75) is 63.8 Å². The number of benzene rings is 1. The molecule has 0 amide bonds. The average molecular weight is 445 g/mol. The van der Waals surface area contributed by atoms with Gasteiger partial charge in [0.25, 0.3) is 0 Å². The number of likely N-dealkylation sites (N-methyl/N-ethyl adjacent to an activating group) is 1. The zero-order valence-corrected chi connectivity index (χ0v) is 19.5. The number of halogens is 1. The SMILES string of the molecule is CN[C@](C)(/C=C/C1/C(=N\O)CC[C@@H]1C/C=C\CCCC(=O)OC)CCc1ccccc1F. The predicted molar refractivity (Wildman–Crippen MR) is 126 cm³/mol. The van der Waals surface area contributed by atoms with Gasteiger partial charge in [-0.05, 0) is 76.5 Å². The van der Waals surface area contributed by atoms with E-state index in [0.717, 1.165) is 49.8 Å². The Morgan fingerprint density at radius 2 is 2.16 bits per heavy atom. The van der Waals surface area contributed by atoms with Crippen molar-refractivity contribution in [3.8, 4) is 0 Å². The monoisotopic (exact) mass is 444 g/mol. The zero-order valence-electron chi connectivity index (χ0n) is 19.5. The molecule has 1 unspecified atom stereocenters. The molecule has 1 fully saturated rings. The van der Waals surface area contributed by atoms with Gasteiger partial charge in [0.05, 0.1) is 12.8 Å². The predicted octanol–water partition coefficient (Wildman–Crippen LogP) is 5.44. The molecule has 1 saturated carbocycles. The summed E-state index contributed by atoms with van der Waals surface area (Å²) in [6, 6.07) is 6.90. The first-order valence-corrected chi connectivity index (χ1v) is 11.5. The van der Waals surface area contributed by atoms with Crippen LogP contribution in [-0.4, -0.2) is 36.6 Å². The first-order chi connectivity index (χ1) is 15.4. The normalized spacial score (nSPS) is 22.1. The molecule has 0 aromatic heterocycles. The number of esters is 1. The maximum Gasteiger partial charge on any atom is 0.305 e. The standard InChI is InChI=1S/C26H37FN2O3/c1-26(28-2,18-16-21-11-8-9-12-23(21)27)19-17-22-20(14-15-24(22)29-31)10-6-4-5-7-13-25(30)32-3/h4,6,8-9,11-12,17,19-20,22,28,31H,5,7,10,13-16,18H2,1-3H3/b6-4-,19-17+,29-24-/t20-,22?,26-/m0/s1. The van der Waals surface area contributed by atoms with E-state index in [-0.39, 0.29) is 23.2 Å². The van der Waals surface area contributed by atoms with Gasteiger partial charge in [0.1, 0.15) is 5.82 Å². The highest BCUT2D eigenvalue weighted by Crippen LogP contribution is 2.34. The molecule has 1 aliphatic carbocycles. The number of carbonyl (C=O) groups is 1. The van der Waals surface area contributed by atoms with Gasteiger partial charge >= 0.3 is 5.97 Å². The molecule has 0 spiro atoms. The number of rotatable bonds is 12. The molecule has 5 nitrogen and oxygen atoms in total. The van der Waals surface area contributed by atoms with Gasteiger partial charge in [-0.25, -0.2) is 4.39 Å². The van der Waals surface area contributed by atoms with Crippen LogP contribution in [0.15, 0.2) is 53.7 Å². The summed E-state index contributed by atoms with van der Waals surface area (Å²) < 4.78 is 18.6. The number of methoxy groups -OCH3 is 1. The van der Waals surface area contributed by atoms with Gasteiger partial charge in [0, 0.05) is 17.9 Å². The number of oxime groups is 1. The van der Waals surface area contributed by atoms with E-state index in [9.17, 15) is 14.4 Å². The molecule has 0 heterocycles. The van der Waals surface area contributed by atoms with E-state index < -0.39 is 0 Å². The van der Waals surface area contributed by atoms with Gasteiger partial charge in [-0.1, -0.05) is 47.7 Å². The second-order valence-corrected chi connectivity index (χ2v) is 8.71. The van der Waals surface area contributed by atoms with Crippen LogP contribution in [0, 0.1) is 17.7 Å². The fourth-order valence-electron chi connectivity index (χ4n) is 4.16. The van der Waals surface area contributed by atoms with Gasteiger partial charge < -0.3 is 15.3 Å². The number of nitrogens with zero attached hydrogens (tertiary/aromatic N) is 1. The summed E-state index contributed by atoms with van der Waals surface area (Å²) in [5, 5.41) is 16.4. The summed E-state index contributed by atoms with van der Waals surface area (Å²) in [6.45, 7) is 2.10. The topological polar surface area (TPSA) is 70.9 Å². The van der Waals surface area contributed by atoms with Gasteiger partial charge in [-0.15, -0.1) is 0 Å². The third kappa shape index (κ3) is 7.90. The summed E-state index contributed by atoms with van der Waals surface area (Å²) in [6.07, 6.45) is 14.7. The Labute approximate surface area is 191 Å². The molecule has 176 valence electrons. The Hall–Kier alpha value is -2.47. The lowest BCUT2D eigenvalue weighted by molar-refractivity contribution is -0.140. The highest BCUT2D eigenvalue weighted by atomic mass is 19.1. The number of carbonyl (C=O) groups excluding carboxylic acids is 1. The molecular weight excluding hydrogens is 407 g/mol. The lowest BCUT2D eigenvalue weighted by atomic mass is 9.87. The molecule has 1 aliphatic rings. The second-order valence-electron chi connectivity index (χ2n) is 8.71. The summed E-state index contributed by atoms with van der Waals surface area (Å²) >= 11 is 0. The smallest absolute Gasteiger partial charge is 0.305 e. The molecule has 0 saturated heterocycles. The average Bonchev–Trinajstić information content (AvgIpc) is 3.21. The number of hydrogen-bond acceptors (Lipinski definition) is 5. The Kier molecular flexibility index (Phi) is 10.6. The van der Waals surface area contributed by atoms with E-state index in [4.69, 9.17) is 0 Å². The number of ether oxygens (including phenoxy) is 1. The molecule has 2 rings (SSSR count). The Morgan fingerprint density at radius 1 is 1.38 bits per heavy atom. The fourth-order valence-corrected chi connectivity index (χ4v) is 4.16. The molecule has 0 aliphatic heterocycles. The highest BCUT2D eigenvalue weighted by molar-refractivity contribution is 5.90. The minimum Gasteiger partial charge on any atom is -0.469 e. The van der Waals surface area contributed by atoms with E-state index in [0.29, 0.717) is 18.8 Å². The third-order valence-electron chi connectivity index (χ3n) is 6.49. The van der Waals surface area contributed by atoms with Gasteiger partial charge in [0.15, 0.2) is 0 Å². The van der Waals surface area contributed by atoms with E-state index in [1.54, 1.807) is 6.07 Å². The lowest BCUT2D eigenvalue weighted by Crippen LogP contribution is -2.38. The van der Waals surface area contributed by atoms with Crippen LogP contribution in [0.3, 0.4) is 0 Å². The van der Waals surface area contributed by atoms with Crippen molar-refractivity contribution < 1.29 is 19.1 Å². The number of hydrogen-bond donors (Lipinski definition) is 2. The Bertz CT molecular complexity index is 821. The molecular formula is C26H37FN2O3. The van der Waals surface area contributed by atoms with Crippen LogP contribution in [-0.2, 0) is 16.0 Å². The summed E-state index contributed by atoms with van der Waals surface area (Å²) in [7, 11) is 3.32. The van der Waals surface area contributed by atoms with Crippen molar-refractivity contribution in [2.75, 3.05) is 14.2 Å². The van der Waals surface area contributed by atoms with Gasteiger partial charge in [-0.2, -0.15) is 0 Å². The molecule has 3 atom stereocenters. The van der Waals surface area contributed by atoms with Crippen molar-refractivity contribution in [2.24, 2.45) is 17.0 Å². The molecule has 2 N–H and O–H groups in total. The first kappa shape index (κ1) is 25.8. The van der Waals surface area contributed by atoms with E-state index in [2.05, 4.69) is 46.4 Å². The van der Waals surface area contributed by atoms with Crippen molar-refractivity contribution in [3.63, 3.8) is 0 Å². The quantitative estimate of drug-likeness (QED) is 0.148. The minimum atomic E-state index is -0.292. The van der Waals surface area contributed by atoms with Crippen LogP contribution < -0.4 is 5.32 Å². The second kappa shape index (κ2) is 13.2. The van der Waals surface area contributed by atoms with Crippen LogP contribution in [0.2, 0.25) is 0 Å². The summed E-state index contributed by atoms with van der Waals surface area (Å²) in [5.74, 6) is 0.118. The third-order valence-corrected chi connectivity index (χ3v) is 6.49. The Morgan fingerprint density at radius 3 is 2.84 bits per heavy atom. The van der Waals surface area contributed by atoms with Crippen molar-refractivity contribution in [3.05, 3.63) is 60.0 Å². The molecule has 0 bridgehead atoms. The van der Waals surface area contributed by atoms with Crippen molar-refractivity contribution >= 4 is 11.7 Å². The number of unbranched alkanes of at least 4 members (excludes halogenated alkanes) is 1. The zero-order chi connectivity index (χ0) is 23.4. The van der Waals surface area contributed by atoms with Crippen molar-refractivity contribution in [1.82, 2.24) is 5.32 Å². The van der Waals surface area contributed by atoms with E-state index >= 15 is 0 Å². The highest BCUT2D eigenvalue weighted by Gasteiger charge is 2.31. The number of nitrogens with one attached hydrogen (secondary N) is 1. The van der Waals surface area contributed by atoms with Gasteiger partial charge in [-0.3, -0.25) is 4.79 Å². The minimum absolute atomic E-state index is 0.0841. The van der Waals surface area contributed by atoms with Crippen LogP contribution >= 0.6 is 0 Å². The summed E-state index contributed by atoms with van der Waals surface area (Å²) in [4.78, 5) is 11.2. The molecule has 1 aromatic carbocycles. The molecule has 6 heteroatoms. The van der Waals surface area contributed by atoms with Crippen molar-refractivity contribution in [1.29, 1.82) is 0 Å². The number of allylic oxidation sites excluding steroid dienone is 3. The maximum absolute atomic E-state index is 14.0.